The van der Waals surface area contributed by atoms with Crippen LogP contribution < -0.4 is 15.4 Å². The summed E-state index contributed by atoms with van der Waals surface area (Å²) in [7, 11) is 0. The molecule has 7 heteroatoms. The lowest BCUT2D eigenvalue weighted by Gasteiger charge is -2.17. The van der Waals surface area contributed by atoms with Crippen LogP contribution in [0.1, 0.15) is 36.2 Å². The third kappa shape index (κ3) is 4.46. The van der Waals surface area contributed by atoms with E-state index in [9.17, 15) is 9.59 Å². The molecule has 0 radical (unpaired) electrons. The van der Waals surface area contributed by atoms with Crippen LogP contribution in [-0.2, 0) is 11.2 Å². The molecule has 0 aliphatic carbocycles. The number of ether oxygens (including phenoxy) is 1. The summed E-state index contributed by atoms with van der Waals surface area (Å²) in [6.45, 7) is 3.92. The van der Waals surface area contributed by atoms with E-state index < -0.39 is 0 Å². The number of nitrogens with one attached hydrogen (secondary N) is 2. The van der Waals surface area contributed by atoms with Crippen LogP contribution in [0.4, 0.5) is 10.8 Å². The molecule has 0 saturated heterocycles. The molecule has 4 rings (SSSR count). The topological polar surface area (TPSA) is 80.3 Å². The van der Waals surface area contributed by atoms with Crippen LogP contribution in [0.2, 0.25) is 0 Å². The number of carbonyl (C=O) groups is 2. The van der Waals surface area contributed by atoms with Crippen LogP contribution in [0.3, 0.4) is 0 Å². The van der Waals surface area contributed by atoms with Crippen LogP contribution in [0.5, 0.6) is 5.75 Å². The van der Waals surface area contributed by atoms with Gasteiger partial charge in [0.25, 0.3) is 5.91 Å². The van der Waals surface area contributed by atoms with Crippen molar-refractivity contribution in [1.82, 2.24) is 4.98 Å². The highest BCUT2D eigenvalue weighted by Gasteiger charge is 2.16. The van der Waals surface area contributed by atoms with Gasteiger partial charge in [-0.3, -0.25) is 14.9 Å². The van der Waals surface area contributed by atoms with Crippen molar-refractivity contribution < 1.29 is 14.3 Å². The average molecular weight is 407 g/mol. The van der Waals surface area contributed by atoms with Crippen molar-refractivity contribution in [2.45, 2.75) is 32.8 Å². The van der Waals surface area contributed by atoms with Crippen molar-refractivity contribution in [1.29, 1.82) is 0 Å². The van der Waals surface area contributed by atoms with Crippen molar-refractivity contribution in [3.05, 3.63) is 59.0 Å². The zero-order chi connectivity index (χ0) is 20.4. The summed E-state index contributed by atoms with van der Waals surface area (Å²) >= 11 is 1.38. The molecule has 2 heterocycles. The molecule has 2 amide bonds. The van der Waals surface area contributed by atoms with Gasteiger partial charge >= 0.3 is 0 Å². The molecule has 148 valence electrons. The molecule has 0 unspecified atom stereocenters. The first-order chi connectivity index (χ1) is 14.0. The van der Waals surface area contributed by atoms with E-state index in [1.54, 1.807) is 24.3 Å². The number of amides is 2. The molecule has 0 atom stereocenters. The van der Waals surface area contributed by atoms with Crippen molar-refractivity contribution in [3.8, 4) is 17.0 Å². The van der Waals surface area contributed by atoms with Crippen LogP contribution >= 0.6 is 11.3 Å². The normalized spacial score (nSPS) is 13.0. The average Bonchev–Trinajstić information content (AvgIpc) is 3.16. The van der Waals surface area contributed by atoms with Gasteiger partial charge in [0.1, 0.15) is 5.75 Å². The smallest absolute Gasteiger partial charge is 0.257 e. The Balaban J connectivity index is 1.45. The monoisotopic (exact) mass is 407 g/mol. The SMILES string of the molecule is CC(C)Oc1ccc(C(=O)Nc2nc(-c3ccc4c(c3)CCC(=O)N4)cs2)cc1. The molecule has 29 heavy (non-hydrogen) atoms. The van der Waals surface area contributed by atoms with Crippen molar-refractivity contribution in [2.24, 2.45) is 0 Å². The first-order valence-electron chi connectivity index (χ1n) is 9.44. The van der Waals surface area contributed by atoms with Gasteiger partial charge in [0.05, 0.1) is 11.8 Å². The minimum absolute atomic E-state index is 0.0488. The number of benzene rings is 2. The second kappa shape index (κ2) is 8.05. The maximum Gasteiger partial charge on any atom is 0.257 e. The molecular formula is C22H21N3O3S. The second-order valence-electron chi connectivity index (χ2n) is 7.10. The number of anilines is 2. The third-order valence-corrected chi connectivity index (χ3v) is 5.27. The van der Waals surface area contributed by atoms with Gasteiger partial charge in [0, 0.05) is 28.6 Å². The van der Waals surface area contributed by atoms with Crippen LogP contribution in [0.15, 0.2) is 47.8 Å². The molecule has 0 bridgehead atoms. The second-order valence-corrected chi connectivity index (χ2v) is 7.96. The maximum atomic E-state index is 12.5. The van der Waals surface area contributed by atoms with E-state index in [1.165, 1.54) is 11.3 Å². The predicted octanol–water partition coefficient (Wildman–Crippen LogP) is 4.73. The lowest BCUT2D eigenvalue weighted by Crippen LogP contribution is -2.18. The van der Waals surface area contributed by atoms with E-state index in [2.05, 4.69) is 15.6 Å². The van der Waals surface area contributed by atoms with Crippen LogP contribution in [-0.4, -0.2) is 22.9 Å². The Morgan fingerprint density at radius 2 is 1.97 bits per heavy atom. The van der Waals surface area contributed by atoms with Gasteiger partial charge in [0.2, 0.25) is 5.91 Å². The first-order valence-corrected chi connectivity index (χ1v) is 10.3. The number of hydrogen-bond acceptors (Lipinski definition) is 5. The third-order valence-electron chi connectivity index (χ3n) is 4.51. The van der Waals surface area contributed by atoms with Crippen LogP contribution in [0.25, 0.3) is 11.3 Å². The van der Waals surface area contributed by atoms with E-state index in [0.29, 0.717) is 17.1 Å². The Kier molecular flexibility index (Phi) is 5.31. The molecule has 0 spiro atoms. The van der Waals surface area contributed by atoms with E-state index >= 15 is 0 Å². The summed E-state index contributed by atoms with van der Waals surface area (Å²) in [5.74, 6) is 0.569. The van der Waals surface area contributed by atoms with Gasteiger partial charge in [-0.2, -0.15) is 0 Å². The highest BCUT2D eigenvalue weighted by molar-refractivity contribution is 7.14. The summed E-state index contributed by atoms with van der Waals surface area (Å²) in [6.07, 6.45) is 1.30. The fourth-order valence-electron chi connectivity index (χ4n) is 3.13. The zero-order valence-electron chi connectivity index (χ0n) is 16.2. The number of aromatic nitrogens is 1. The Bertz CT molecular complexity index is 1060. The van der Waals surface area contributed by atoms with Gasteiger partial charge in [0.15, 0.2) is 5.13 Å². The molecule has 3 aromatic rings. The summed E-state index contributed by atoms with van der Waals surface area (Å²) in [5.41, 5.74) is 4.27. The fourth-order valence-corrected chi connectivity index (χ4v) is 3.85. The van der Waals surface area contributed by atoms with E-state index in [1.807, 2.05) is 37.4 Å². The highest BCUT2D eigenvalue weighted by atomic mass is 32.1. The molecule has 6 nitrogen and oxygen atoms in total. The Labute approximate surface area is 172 Å². The van der Waals surface area contributed by atoms with Crippen LogP contribution in [0, 0.1) is 0 Å². The van der Waals surface area contributed by atoms with Gasteiger partial charge in [-0.15, -0.1) is 11.3 Å². The van der Waals surface area contributed by atoms with Gasteiger partial charge in [-0.05, 0) is 62.2 Å². The van der Waals surface area contributed by atoms with Gasteiger partial charge < -0.3 is 10.1 Å². The van der Waals surface area contributed by atoms with E-state index in [-0.39, 0.29) is 17.9 Å². The molecule has 0 saturated carbocycles. The number of carbonyl (C=O) groups excluding carboxylic acids is 2. The molecule has 1 aliphatic heterocycles. The molecule has 1 aliphatic rings. The lowest BCUT2D eigenvalue weighted by molar-refractivity contribution is -0.116. The largest absolute Gasteiger partial charge is 0.491 e. The minimum Gasteiger partial charge on any atom is -0.491 e. The molecule has 1 aromatic heterocycles. The standard InChI is InChI=1S/C22H21N3O3S/c1-13(2)28-17-7-3-14(4-8-17)21(27)25-22-24-19(12-29-22)16-5-9-18-15(11-16)6-10-20(26)23-18/h3-5,7-9,11-13H,6,10H2,1-2H3,(H,23,26)(H,24,25,27). The Morgan fingerprint density at radius 1 is 1.17 bits per heavy atom. The van der Waals surface area contributed by atoms with Crippen molar-refractivity contribution in [3.63, 3.8) is 0 Å². The summed E-state index contributed by atoms with van der Waals surface area (Å²) in [5, 5.41) is 8.18. The lowest BCUT2D eigenvalue weighted by atomic mass is 9.99. The summed E-state index contributed by atoms with van der Waals surface area (Å²) < 4.78 is 5.60. The Morgan fingerprint density at radius 3 is 2.72 bits per heavy atom. The minimum atomic E-state index is -0.213. The first kappa shape index (κ1) is 19.1. The van der Waals surface area contributed by atoms with E-state index in [4.69, 9.17) is 4.74 Å². The van der Waals surface area contributed by atoms with Gasteiger partial charge in [-0.25, -0.2) is 4.98 Å². The van der Waals surface area contributed by atoms with Crippen molar-refractivity contribution >= 4 is 34.0 Å². The van der Waals surface area contributed by atoms with Gasteiger partial charge in [-0.1, -0.05) is 6.07 Å². The van der Waals surface area contributed by atoms with Crippen molar-refractivity contribution in [2.75, 3.05) is 10.6 Å². The Hall–Kier alpha value is -3.19. The number of hydrogen-bond donors (Lipinski definition) is 2. The van der Waals surface area contributed by atoms with E-state index in [0.717, 1.165) is 34.7 Å². The number of fused-ring (bicyclic) bond motifs is 1. The highest BCUT2D eigenvalue weighted by Crippen LogP contribution is 2.30. The summed E-state index contributed by atoms with van der Waals surface area (Å²) in [6, 6.07) is 12.9. The fraction of sp³-hybridized carbons (Fsp3) is 0.227. The molecule has 2 aromatic carbocycles. The maximum absolute atomic E-state index is 12.5. The molecule has 0 fully saturated rings. The number of aryl methyl sites for hydroxylation is 1. The zero-order valence-corrected chi connectivity index (χ0v) is 17.0. The number of rotatable bonds is 5. The number of thiazole rings is 1. The summed E-state index contributed by atoms with van der Waals surface area (Å²) in [4.78, 5) is 28.5. The molecular weight excluding hydrogens is 386 g/mol. The quantitative estimate of drug-likeness (QED) is 0.640. The molecule has 2 N–H and O–H groups in total. The number of nitrogens with zero attached hydrogens (tertiary/aromatic N) is 1. The predicted molar refractivity (Wildman–Crippen MR) is 115 cm³/mol.